The largest absolute Gasteiger partial charge is 0.352 e. The van der Waals surface area contributed by atoms with Crippen LogP contribution in [-0.2, 0) is 14.8 Å². The van der Waals surface area contributed by atoms with Crippen LogP contribution in [0.15, 0.2) is 59.5 Å². The molecule has 2 aromatic rings. The summed E-state index contributed by atoms with van der Waals surface area (Å²) < 4.78 is 25.5. The van der Waals surface area contributed by atoms with Crippen molar-refractivity contribution in [1.29, 1.82) is 0 Å². The number of nitrogens with one attached hydrogen (secondary N) is 2. The van der Waals surface area contributed by atoms with Gasteiger partial charge in [-0.1, -0.05) is 36.4 Å². The Hall–Kier alpha value is -2.71. The van der Waals surface area contributed by atoms with E-state index in [-0.39, 0.29) is 29.0 Å². The standard InChI is InChI=1S/C21H25N3O4S/c1-24(2)29(27,28)19-10-6-9-16(13-19)21(26)22-14-20(25)23-18-11-17(12-18)15-7-4-3-5-8-15/h3-10,13,17-18H,11-12,14H2,1-2H3,(H,22,26)(H,23,25). The van der Waals surface area contributed by atoms with E-state index in [1.54, 1.807) is 0 Å². The first-order chi connectivity index (χ1) is 13.8. The van der Waals surface area contributed by atoms with Gasteiger partial charge in [0, 0.05) is 25.7 Å². The maximum absolute atomic E-state index is 12.3. The molecule has 0 saturated heterocycles. The van der Waals surface area contributed by atoms with Crippen molar-refractivity contribution < 1.29 is 18.0 Å². The SMILES string of the molecule is CN(C)S(=O)(=O)c1cccc(C(=O)NCC(=O)NC2CC(c3ccccc3)C2)c1. The highest BCUT2D eigenvalue weighted by atomic mass is 32.2. The molecule has 0 aromatic heterocycles. The highest BCUT2D eigenvalue weighted by Gasteiger charge is 2.31. The third kappa shape index (κ3) is 5.02. The van der Waals surface area contributed by atoms with Gasteiger partial charge in [0.1, 0.15) is 0 Å². The van der Waals surface area contributed by atoms with Gasteiger partial charge in [0.25, 0.3) is 5.91 Å². The molecule has 0 heterocycles. The summed E-state index contributed by atoms with van der Waals surface area (Å²) in [6, 6.07) is 16.0. The summed E-state index contributed by atoms with van der Waals surface area (Å²) in [4.78, 5) is 24.4. The lowest BCUT2D eigenvalue weighted by Gasteiger charge is -2.36. The lowest BCUT2D eigenvalue weighted by molar-refractivity contribution is -0.121. The molecule has 1 aliphatic carbocycles. The number of amides is 2. The van der Waals surface area contributed by atoms with E-state index in [4.69, 9.17) is 0 Å². The van der Waals surface area contributed by atoms with Gasteiger partial charge in [-0.25, -0.2) is 12.7 Å². The normalized spacial score (nSPS) is 18.7. The van der Waals surface area contributed by atoms with Gasteiger partial charge in [0.2, 0.25) is 15.9 Å². The van der Waals surface area contributed by atoms with E-state index in [0.717, 1.165) is 17.1 Å². The molecule has 0 aliphatic heterocycles. The lowest BCUT2D eigenvalue weighted by atomic mass is 9.76. The zero-order valence-electron chi connectivity index (χ0n) is 16.5. The minimum Gasteiger partial charge on any atom is -0.352 e. The number of rotatable bonds is 7. The Morgan fingerprint density at radius 2 is 1.72 bits per heavy atom. The second kappa shape index (κ2) is 8.75. The molecule has 0 spiro atoms. The van der Waals surface area contributed by atoms with Crippen molar-refractivity contribution in [2.45, 2.75) is 29.7 Å². The van der Waals surface area contributed by atoms with Crippen LogP contribution in [0.3, 0.4) is 0 Å². The molecular weight excluding hydrogens is 390 g/mol. The smallest absolute Gasteiger partial charge is 0.251 e. The van der Waals surface area contributed by atoms with Gasteiger partial charge in [-0.05, 0) is 42.5 Å². The number of hydrogen-bond donors (Lipinski definition) is 2. The summed E-state index contributed by atoms with van der Waals surface area (Å²) >= 11 is 0. The average molecular weight is 416 g/mol. The molecule has 0 unspecified atom stereocenters. The molecule has 1 fully saturated rings. The third-order valence-corrected chi connectivity index (χ3v) is 6.87. The van der Waals surface area contributed by atoms with Crippen molar-refractivity contribution in [2.75, 3.05) is 20.6 Å². The van der Waals surface area contributed by atoms with Gasteiger partial charge in [-0.2, -0.15) is 0 Å². The summed E-state index contributed by atoms with van der Waals surface area (Å²) in [7, 11) is -0.778. The summed E-state index contributed by atoms with van der Waals surface area (Å²) in [5, 5.41) is 5.46. The molecule has 8 heteroatoms. The van der Waals surface area contributed by atoms with E-state index < -0.39 is 15.9 Å². The van der Waals surface area contributed by atoms with Gasteiger partial charge >= 0.3 is 0 Å². The van der Waals surface area contributed by atoms with Crippen molar-refractivity contribution in [3.05, 3.63) is 65.7 Å². The summed E-state index contributed by atoms with van der Waals surface area (Å²) in [5.74, 6) is -0.295. The van der Waals surface area contributed by atoms with E-state index in [0.29, 0.717) is 5.92 Å². The fourth-order valence-electron chi connectivity index (χ4n) is 3.28. The van der Waals surface area contributed by atoms with E-state index in [9.17, 15) is 18.0 Å². The Morgan fingerprint density at radius 3 is 2.38 bits per heavy atom. The van der Waals surface area contributed by atoms with Gasteiger partial charge in [-0.3, -0.25) is 9.59 Å². The van der Waals surface area contributed by atoms with E-state index >= 15 is 0 Å². The molecule has 1 aliphatic rings. The number of carbonyl (C=O) groups excluding carboxylic acids is 2. The number of sulfonamides is 1. The van der Waals surface area contributed by atoms with E-state index in [2.05, 4.69) is 22.8 Å². The maximum atomic E-state index is 12.3. The fourth-order valence-corrected chi connectivity index (χ4v) is 4.23. The molecule has 2 aromatic carbocycles. The number of carbonyl (C=O) groups is 2. The third-order valence-electron chi connectivity index (χ3n) is 5.06. The maximum Gasteiger partial charge on any atom is 0.251 e. The lowest BCUT2D eigenvalue weighted by Crippen LogP contribution is -2.47. The summed E-state index contributed by atoms with van der Waals surface area (Å²) in [5.41, 5.74) is 1.47. The fraction of sp³-hybridized carbons (Fsp3) is 0.333. The van der Waals surface area contributed by atoms with E-state index in [1.807, 2.05) is 18.2 Å². The number of hydrogen-bond acceptors (Lipinski definition) is 4. The molecule has 3 rings (SSSR count). The molecule has 2 N–H and O–H groups in total. The van der Waals surface area contributed by atoms with Crippen LogP contribution in [0.5, 0.6) is 0 Å². The van der Waals surface area contributed by atoms with Gasteiger partial charge in [0.05, 0.1) is 11.4 Å². The minimum absolute atomic E-state index is 0.0287. The molecule has 7 nitrogen and oxygen atoms in total. The Bertz CT molecular complexity index is 984. The van der Waals surface area contributed by atoms with Crippen LogP contribution < -0.4 is 10.6 Å². The van der Waals surface area contributed by atoms with Gasteiger partial charge < -0.3 is 10.6 Å². The molecule has 0 atom stereocenters. The second-order valence-electron chi connectivity index (χ2n) is 7.34. The highest BCUT2D eigenvalue weighted by Crippen LogP contribution is 2.36. The molecule has 0 radical (unpaired) electrons. The first-order valence-corrected chi connectivity index (χ1v) is 10.9. The first kappa shape index (κ1) is 21.0. The Kier molecular flexibility index (Phi) is 6.34. The van der Waals surface area contributed by atoms with Crippen LogP contribution in [0.2, 0.25) is 0 Å². The monoisotopic (exact) mass is 415 g/mol. The zero-order valence-corrected chi connectivity index (χ0v) is 17.3. The Labute approximate surface area is 171 Å². The van der Waals surface area contributed by atoms with Crippen molar-refractivity contribution in [3.63, 3.8) is 0 Å². The predicted molar refractivity (Wildman–Crippen MR) is 110 cm³/mol. The van der Waals surface area contributed by atoms with Crippen molar-refractivity contribution in [1.82, 2.24) is 14.9 Å². The van der Waals surface area contributed by atoms with Crippen LogP contribution in [0, 0.1) is 0 Å². The highest BCUT2D eigenvalue weighted by molar-refractivity contribution is 7.89. The molecule has 1 saturated carbocycles. The van der Waals surface area contributed by atoms with Crippen molar-refractivity contribution in [3.8, 4) is 0 Å². The first-order valence-electron chi connectivity index (χ1n) is 9.42. The molecule has 2 amide bonds. The van der Waals surface area contributed by atoms with Gasteiger partial charge in [-0.15, -0.1) is 0 Å². The molecule has 0 bridgehead atoms. The van der Waals surface area contributed by atoms with Crippen molar-refractivity contribution in [2.24, 2.45) is 0 Å². The Morgan fingerprint density at radius 1 is 1.03 bits per heavy atom. The van der Waals surface area contributed by atoms with Crippen molar-refractivity contribution >= 4 is 21.8 Å². The van der Waals surface area contributed by atoms with E-state index in [1.165, 1.54) is 43.9 Å². The Balaban J connectivity index is 1.48. The summed E-state index contributed by atoms with van der Waals surface area (Å²) in [6.07, 6.45) is 1.77. The number of nitrogens with zero attached hydrogens (tertiary/aromatic N) is 1. The van der Waals surface area contributed by atoms with Crippen LogP contribution >= 0.6 is 0 Å². The van der Waals surface area contributed by atoms with Crippen LogP contribution in [0.1, 0.15) is 34.7 Å². The topological polar surface area (TPSA) is 95.6 Å². The molecular formula is C21H25N3O4S. The van der Waals surface area contributed by atoms with Crippen LogP contribution in [-0.4, -0.2) is 51.2 Å². The van der Waals surface area contributed by atoms with Crippen LogP contribution in [0.4, 0.5) is 0 Å². The summed E-state index contributed by atoms with van der Waals surface area (Å²) in [6.45, 7) is -0.157. The van der Waals surface area contributed by atoms with Crippen LogP contribution in [0.25, 0.3) is 0 Å². The predicted octanol–water partition coefficient (Wildman–Crippen LogP) is 1.73. The zero-order chi connectivity index (χ0) is 21.0. The quantitative estimate of drug-likeness (QED) is 0.720. The molecule has 154 valence electrons. The number of benzene rings is 2. The minimum atomic E-state index is -3.63. The average Bonchev–Trinajstić information content (AvgIpc) is 2.69. The molecule has 29 heavy (non-hydrogen) atoms. The second-order valence-corrected chi connectivity index (χ2v) is 9.49. The van der Waals surface area contributed by atoms with Gasteiger partial charge in [0.15, 0.2) is 0 Å².